The molecule has 0 bridgehead atoms. The lowest BCUT2D eigenvalue weighted by Crippen LogP contribution is -2.25. The number of H-pyrrole nitrogens is 1. The molecule has 0 radical (unpaired) electrons. The first-order valence-electron chi connectivity index (χ1n) is 11.5. The second-order valence-electron chi connectivity index (χ2n) is 8.29. The number of tetrazole rings is 1. The molecule has 0 fully saturated rings. The average Bonchev–Trinajstić information content (AvgIpc) is 3.54. The van der Waals surface area contributed by atoms with E-state index < -0.39 is 5.97 Å². The molecule has 0 saturated heterocycles. The molecule has 3 heterocycles. The molecule has 0 aliphatic carbocycles. The van der Waals surface area contributed by atoms with E-state index >= 15 is 0 Å². The van der Waals surface area contributed by atoms with Crippen LogP contribution in [0.4, 0.5) is 0 Å². The number of aryl methyl sites for hydroxylation is 1. The lowest BCUT2D eigenvalue weighted by atomic mass is 10.0. The van der Waals surface area contributed by atoms with Crippen LogP contribution < -0.4 is 5.69 Å². The molecule has 0 atom stereocenters. The monoisotopic (exact) mass is 481 g/mol. The second kappa shape index (κ2) is 9.79. The van der Waals surface area contributed by atoms with Crippen molar-refractivity contribution in [1.82, 2.24) is 34.7 Å². The third-order valence-corrected chi connectivity index (χ3v) is 5.97. The lowest BCUT2D eigenvalue weighted by Gasteiger charge is -2.09. The third kappa shape index (κ3) is 4.31. The average molecular weight is 482 g/mol. The maximum atomic E-state index is 13.4. The van der Waals surface area contributed by atoms with E-state index in [1.807, 2.05) is 37.3 Å². The number of carbonyl (C=O) groups is 1. The zero-order chi connectivity index (χ0) is 25.1. The first-order valence-corrected chi connectivity index (χ1v) is 11.5. The predicted octanol–water partition coefficient (Wildman–Crippen LogP) is 3.58. The molecular weight excluding hydrogens is 458 g/mol. The fourth-order valence-corrected chi connectivity index (χ4v) is 4.26. The molecule has 3 aromatic heterocycles. The maximum Gasteiger partial charge on any atom is 0.337 e. The second-order valence-corrected chi connectivity index (χ2v) is 8.29. The van der Waals surface area contributed by atoms with Gasteiger partial charge in [0.2, 0.25) is 5.82 Å². The van der Waals surface area contributed by atoms with E-state index in [1.54, 1.807) is 41.4 Å². The van der Waals surface area contributed by atoms with Gasteiger partial charge in [0.25, 0.3) is 0 Å². The molecule has 2 aromatic carbocycles. The van der Waals surface area contributed by atoms with Crippen molar-refractivity contribution in [3.63, 3.8) is 0 Å². The zero-order valence-electron chi connectivity index (χ0n) is 19.5. The number of benzene rings is 2. The predicted molar refractivity (Wildman–Crippen MR) is 133 cm³/mol. The summed E-state index contributed by atoms with van der Waals surface area (Å²) in [5.41, 5.74) is 4.55. The molecule has 0 aliphatic heterocycles. The molecule has 2 N–H and O–H groups in total. The number of aromatic nitrogens is 7. The van der Waals surface area contributed by atoms with Crippen LogP contribution in [0.25, 0.3) is 28.2 Å². The van der Waals surface area contributed by atoms with Crippen LogP contribution in [0.15, 0.2) is 78.0 Å². The number of pyridine rings is 1. The standard InChI is InChI=1S/C26H23N7O3/c1-2-5-19-16-33(23-7-4-3-6-21(23)25(34)35)26(36)32(19)15-17-8-10-18(11-9-17)22-14-27-13-12-20(22)24-28-30-31-29-24/h3-4,6-14,16H,2,5,15H2,1H3,(H,34,35)(H,28,29,30,31). The number of para-hydroxylation sites is 1. The molecule has 0 spiro atoms. The smallest absolute Gasteiger partial charge is 0.337 e. The minimum Gasteiger partial charge on any atom is -0.478 e. The van der Waals surface area contributed by atoms with Gasteiger partial charge in [-0.05, 0) is 41.0 Å². The summed E-state index contributed by atoms with van der Waals surface area (Å²) in [5, 5.41) is 23.9. The van der Waals surface area contributed by atoms with Crippen LogP contribution in [0.1, 0.15) is 35.0 Å². The summed E-state index contributed by atoms with van der Waals surface area (Å²) in [5.74, 6) is -0.594. The fourth-order valence-electron chi connectivity index (χ4n) is 4.26. The van der Waals surface area contributed by atoms with Gasteiger partial charge in [0.1, 0.15) is 0 Å². The Kier molecular flexibility index (Phi) is 6.23. The fraction of sp³-hybridized carbons (Fsp3) is 0.154. The number of carboxylic acid groups (broad SMARTS) is 1. The van der Waals surface area contributed by atoms with Gasteiger partial charge in [0, 0.05) is 35.4 Å². The van der Waals surface area contributed by atoms with E-state index in [2.05, 4.69) is 25.6 Å². The SMILES string of the molecule is CCCc1cn(-c2ccccc2C(=O)O)c(=O)n1Cc1ccc(-c2cnccc2-c2nn[nH]n2)cc1. The number of hydrogen-bond acceptors (Lipinski definition) is 6. The summed E-state index contributed by atoms with van der Waals surface area (Å²) in [6, 6.07) is 16.2. The van der Waals surface area contributed by atoms with Crippen molar-refractivity contribution in [1.29, 1.82) is 0 Å². The van der Waals surface area contributed by atoms with Crippen LogP contribution in [-0.2, 0) is 13.0 Å². The van der Waals surface area contributed by atoms with Gasteiger partial charge < -0.3 is 5.11 Å². The Balaban J connectivity index is 1.49. The van der Waals surface area contributed by atoms with E-state index in [4.69, 9.17) is 0 Å². The Hall–Kier alpha value is -4.86. The molecule has 5 rings (SSSR count). The summed E-state index contributed by atoms with van der Waals surface area (Å²) in [6.07, 6.45) is 6.72. The van der Waals surface area contributed by atoms with Gasteiger partial charge in [-0.3, -0.25) is 14.1 Å². The van der Waals surface area contributed by atoms with Crippen LogP contribution in [-0.4, -0.2) is 45.8 Å². The van der Waals surface area contributed by atoms with E-state index in [9.17, 15) is 14.7 Å². The van der Waals surface area contributed by atoms with Crippen molar-refractivity contribution in [3.8, 4) is 28.2 Å². The maximum absolute atomic E-state index is 13.4. The van der Waals surface area contributed by atoms with Crippen molar-refractivity contribution in [2.75, 3.05) is 0 Å². The number of nitrogens with zero attached hydrogens (tertiary/aromatic N) is 6. The first-order chi connectivity index (χ1) is 17.6. The number of aromatic amines is 1. The van der Waals surface area contributed by atoms with Gasteiger partial charge in [0.15, 0.2) is 0 Å². The van der Waals surface area contributed by atoms with Crippen molar-refractivity contribution in [2.24, 2.45) is 0 Å². The Morgan fingerprint density at radius 2 is 1.86 bits per heavy atom. The van der Waals surface area contributed by atoms with Crippen molar-refractivity contribution in [2.45, 2.75) is 26.3 Å². The first kappa shape index (κ1) is 22.9. The summed E-state index contributed by atoms with van der Waals surface area (Å²) in [7, 11) is 0. The van der Waals surface area contributed by atoms with Crippen LogP contribution >= 0.6 is 0 Å². The zero-order valence-corrected chi connectivity index (χ0v) is 19.5. The highest BCUT2D eigenvalue weighted by atomic mass is 16.4. The molecule has 0 saturated carbocycles. The summed E-state index contributed by atoms with van der Waals surface area (Å²) in [6.45, 7) is 2.41. The molecule has 180 valence electrons. The quantitative estimate of drug-likeness (QED) is 0.346. The van der Waals surface area contributed by atoms with E-state index in [1.165, 1.54) is 10.6 Å². The Labute approximate surface area is 205 Å². The largest absolute Gasteiger partial charge is 0.478 e. The van der Waals surface area contributed by atoms with E-state index in [-0.39, 0.29) is 11.3 Å². The molecule has 36 heavy (non-hydrogen) atoms. The molecule has 0 unspecified atom stereocenters. The normalized spacial score (nSPS) is 11.0. The highest BCUT2D eigenvalue weighted by Gasteiger charge is 2.18. The van der Waals surface area contributed by atoms with E-state index in [0.717, 1.165) is 34.4 Å². The summed E-state index contributed by atoms with van der Waals surface area (Å²) in [4.78, 5) is 29.4. The van der Waals surface area contributed by atoms with Crippen molar-refractivity contribution >= 4 is 5.97 Å². The number of rotatable bonds is 8. The Bertz CT molecular complexity index is 1570. The Morgan fingerprint density at radius 1 is 1.06 bits per heavy atom. The highest BCUT2D eigenvalue weighted by Crippen LogP contribution is 2.29. The Morgan fingerprint density at radius 3 is 2.58 bits per heavy atom. The number of hydrogen-bond donors (Lipinski definition) is 2. The van der Waals surface area contributed by atoms with Crippen LogP contribution in [0.3, 0.4) is 0 Å². The summed E-state index contributed by atoms with van der Waals surface area (Å²) < 4.78 is 3.13. The minimum absolute atomic E-state index is 0.0815. The topological polar surface area (TPSA) is 132 Å². The van der Waals surface area contributed by atoms with E-state index in [0.29, 0.717) is 24.5 Å². The summed E-state index contributed by atoms with van der Waals surface area (Å²) >= 11 is 0. The molecule has 10 nitrogen and oxygen atoms in total. The number of carboxylic acids is 1. The molecular formula is C26H23N7O3. The van der Waals surface area contributed by atoms with Crippen molar-refractivity contribution in [3.05, 3.63) is 100 Å². The van der Waals surface area contributed by atoms with Gasteiger partial charge in [-0.1, -0.05) is 49.7 Å². The lowest BCUT2D eigenvalue weighted by molar-refractivity contribution is 0.0697. The van der Waals surface area contributed by atoms with Gasteiger partial charge in [-0.25, -0.2) is 9.59 Å². The molecule has 0 aliphatic rings. The van der Waals surface area contributed by atoms with Crippen molar-refractivity contribution < 1.29 is 9.90 Å². The molecule has 10 heteroatoms. The number of aromatic carboxylic acids is 1. The highest BCUT2D eigenvalue weighted by molar-refractivity contribution is 5.91. The van der Waals surface area contributed by atoms with Gasteiger partial charge >= 0.3 is 11.7 Å². The number of imidazole rings is 1. The van der Waals surface area contributed by atoms with Gasteiger partial charge in [-0.15, -0.1) is 10.2 Å². The van der Waals surface area contributed by atoms with Crippen LogP contribution in [0.2, 0.25) is 0 Å². The van der Waals surface area contributed by atoms with Crippen LogP contribution in [0, 0.1) is 0 Å². The number of nitrogens with one attached hydrogen (secondary N) is 1. The minimum atomic E-state index is -1.08. The third-order valence-electron chi connectivity index (χ3n) is 5.97. The van der Waals surface area contributed by atoms with Crippen LogP contribution in [0.5, 0.6) is 0 Å². The molecule has 5 aromatic rings. The van der Waals surface area contributed by atoms with Gasteiger partial charge in [0.05, 0.1) is 17.8 Å². The molecule has 0 amide bonds. The van der Waals surface area contributed by atoms with Gasteiger partial charge in [-0.2, -0.15) is 5.21 Å².